The first kappa shape index (κ1) is 22.6. The fraction of sp³-hybridized carbons (Fsp3) is 0.417. The van der Waals surface area contributed by atoms with E-state index in [1.165, 1.54) is 0 Å². The summed E-state index contributed by atoms with van der Waals surface area (Å²) >= 11 is 18.5. The third-order valence-corrected chi connectivity index (χ3v) is 7.48. The number of carbonyl (C=O) groups excluding carboxylic acids is 1. The van der Waals surface area contributed by atoms with Gasteiger partial charge >= 0.3 is 0 Å². The van der Waals surface area contributed by atoms with Crippen molar-refractivity contribution in [2.45, 2.75) is 38.3 Å². The van der Waals surface area contributed by atoms with Crippen molar-refractivity contribution in [1.29, 1.82) is 0 Å². The molecule has 3 nitrogen and oxygen atoms in total. The van der Waals surface area contributed by atoms with Gasteiger partial charge in [0, 0.05) is 30.0 Å². The topological polar surface area (TPSA) is 32.7 Å². The van der Waals surface area contributed by atoms with Gasteiger partial charge in [0.25, 0.3) is 0 Å². The summed E-state index contributed by atoms with van der Waals surface area (Å²) in [4.78, 5) is 18.4. The second kappa shape index (κ2) is 8.06. The summed E-state index contributed by atoms with van der Waals surface area (Å²) in [5, 5.41) is 1.22. The second-order valence-corrected chi connectivity index (χ2v) is 10.3. The van der Waals surface area contributed by atoms with Gasteiger partial charge in [-0.05, 0) is 28.8 Å². The van der Waals surface area contributed by atoms with Gasteiger partial charge in [0.1, 0.15) is 0 Å². The summed E-state index contributed by atoms with van der Waals surface area (Å²) in [7, 11) is 0. The van der Waals surface area contributed by atoms with Crippen LogP contribution in [0.3, 0.4) is 0 Å². The van der Waals surface area contributed by atoms with Crippen LogP contribution in [0.2, 0.25) is 15.1 Å². The van der Waals surface area contributed by atoms with Crippen LogP contribution in [-0.2, 0) is 15.9 Å². The average molecular weight is 482 g/mol. The summed E-state index contributed by atoms with van der Waals surface area (Å²) in [5.41, 5.74) is 1.81. The van der Waals surface area contributed by atoms with Crippen LogP contribution in [0.4, 0.5) is 4.39 Å². The summed E-state index contributed by atoms with van der Waals surface area (Å²) in [6.45, 7) is 6.62. The van der Waals surface area contributed by atoms with E-state index in [0.717, 1.165) is 23.3 Å². The van der Waals surface area contributed by atoms with Gasteiger partial charge in [-0.25, -0.2) is 4.39 Å². The smallest absolute Gasteiger partial charge is 0.225 e. The molecule has 0 aliphatic carbocycles. The van der Waals surface area contributed by atoms with Crippen molar-refractivity contribution in [2.75, 3.05) is 19.6 Å². The zero-order valence-electron chi connectivity index (χ0n) is 17.7. The molecular formula is C24H24Cl3FN2O. The number of benzene rings is 2. The lowest BCUT2D eigenvalue weighted by Crippen LogP contribution is -2.59. The largest absolute Gasteiger partial charge is 0.335 e. The van der Waals surface area contributed by atoms with Gasteiger partial charge in [0.15, 0.2) is 5.67 Å². The van der Waals surface area contributed by atoms with Gasteiger partial charge in [-0.2, -0.15) is 0 Å². The van der Waals surface area contributed by atoms with Crippen molar-refractivity contribution in [1.82, 2.24) is 4.90 Å². The Bertz CT molecular complexity index is 1040. The maximum Gasteiger partial charge on any atom is 0.225 e. The van der Waals surface area contributed by atoms with Crippen LogP contribution in [0.15, 0.2) is 41.4 Å². The fourth-order valence-corrected chi connectivity index (χ4v) is 4.86. The van der Waals surface area contributed by atoms with Crippen LogP contribution < -0.4 is 0 Å². The summed E-state index contributed by atoms with van der Waals surface area (Å²) in [6.07, 6.45) is 0.720. The third kappa shape index (κ3) is 4.10. The molecule has 0 N–H and O–H groups in total. The monoisotopic (exact) mass is 480 g/mol. The molecule has 1 unspecified atom stereocenters. The van der Waals surface area contributed by atoms with Crippen LogP contribution in [0.25, 0.3) is 0 Å². The minimum Gasteiger partial charge on any atom is -0.335 e. The Hall–Kier alpha value is -1.62. The minimum absolute atomic E-state index is 0.00750. The highest BCUT2D eigenvalue weighted by atomic mass is 35.5. The normalized spacial score (nSPS) is 22.5. The number of nitrogens with zero attached hydrogens (tertiary/aromatic N) is 2. The number of hydrogen-bond acceptors (Lipinski definition) is 2. The first-order valence-corrected chi connectivity index (χ1v) is 11.4. The van der Waals surface area contributed by atoms with E-state index in [2.05, 4.69) is 6.92 Å². The number of aliphatic imine (C=N–C) groups is 1. The van der Waals surface area contributed by atoms with E-state index in [0.29, 0.717) is 27.2 Å². The molecule has 1 atom stereocenters. The highest BCUT2D eigenvalue weighted by Gasteiger charge is 2.47. The van der Waals surface area contributed by atoms with Crippen molar-refractivity contribution in [2.24, 2.45) is 10.9 Å². The molecule has 2 aromatic carbocycles. The lowest BCUT2D eigenvalue weighted by molar-refractivity contribution is -0.149. The van der Waals surface area contributed by atoms with Gasteiger partial charge in [-0.1, -0.05) is 79.8 Å². The molecule has 1 saturated heterocycles. The molecule has 2 aliphatic rings. The molecule has 0 radical (unpaired) electrons. The van der Waals surface area contributed by atoms with Gasteiger partial charge in [0.2, 0.25) is 5.91 Å². The van der Waals surface area contributed by atoms with Crippen LogP contribution in [-0.4, -0.2) is 36.2 Å². The lowest BCUT2D eigenvalue weighted by Gasteiger charge is -2.45. The Morgan fingerprint density at radius 2 is 1.65 bits per heavy atom. The Morgan fingerprint density at radius 3 is 2.19 bits per heavy atom. The summed E-state index contributed by atoms with van der Waals surface area (Å²) in [6, 6.07) is 11.1. The van der Waals surface area contributed by atoms with E-state index in [9.17, 15) is 4.79 Å². The molecule has 0 aromatic heterocycles. The Morgan fingerprint density at radius 1 is 1.06 bits per heavy atom. The number of likely N-dealkylation sites (tertiary alicyclic amines) is 1. The second-order valence-electron chi connectivity index (χ2n) is 9.15. The molecule has 2 aliphatic heterocycles. The lowest BCUT2D eigenvalue weighted by atomic mass is 9.79. The number of alkyl halides is 1. The highest BCUT2D eigenvalue weighted by Crippen LogP contribution is 2.41. The van der Waals surface area contributed by atoms with E-state index < -0.39 is 5.67 Å². The predicted octanol–water partition coefficient (Wildman–Crippen LogP) is 6.46. The Kier molecular flexibility index (Phi) is 5.87. The molecule has 164 valence electrons. The molecule has 1 amide bonds. The standard InChI is InChI=1S/C24H24Cl3FN2O/c1-14(2)22(31)30-12-24(28,13-30)16-6-4-15(5-7-16)20-10-23(3,11-29-20)17-8-18(25)21(27)19(26)9-17/h4-9,14H,10-13H2,1-3H3. The van der Waals surface area contributed by atoms with E-state index in [1.54, 1.807) is 17.0 Å². The molecule has 2 heterocycles. The van der Waals surface area contributed by atoms with E-state index >= 15 is 4.39 Å². The average Bonchev–Trinajstić information content (AvgIpc) is 3.12. The van der Waals surface area contributed by atoms with E-state index in [4.69, 9.17) is 39.8 Å². The molecule has 0 saturated carbocycles. The van der Waals surface area contributed by atoms with Gasteiger partial charge in [0.05, 0.1) is 28.2 Å². The maximum atomic E-state index is 15.2. The van der Waals surface area contributed by atoms with Crippen LogP contribution >= 0.6 is 34.8 Å². The predicted molar refractivity (Wildman–Crippen MR) is 125 cm³/mol. The molecule has 31 heavy (non-hydrogen) atoms. The molecule has 0 bridgehead atoms. The number of amides is 1. The van der Waals surface area contributed by atoms with Crippen molar-refractivity contribution in [3.8, 4) is 0 Å². The molecule has 1 fully saturated rings. The van der Waals surface area contributed by atoms with Crippen LogP contribution in [0.1, 0.15) is 43.9 Å². The molecule has 2 aromatic rings. The van der Waals surface area contributed by atoms with Crippen molar-refractivity contribution in [3.63, 3.8) is 0 Å². The Balaban J connectivity index is 1.47. The first-order valence-electron chi connectivity index (χ1n) is 10.3. The van der Waals surface area contributed by atoms with Crippen molar-refractivity contribution < 1.29 is 9.18 Å². The SMILES string of the molecule is CC(C)C(=O)N1CC(F)(c2ccc(C3=NCC(C)(c4cc(Cl)c(Cl)c(Cl)c4)C3)cc2)C1. The van der Waals surface area contributed by atoms with Crippen molar-refractivity contribution in [3.05, 3.63) is 68.2 Å². The van der Waals surface area contributed by atoms with E-state index in [-0.39, 0.29) is 30.3 Å². The number of halogens is 4. The fourth-order valence-electron chi connectivity index (χ4n) is 4.27. The number of rotatable bonds is 4. The van der Waals surface area contributed by atoms with Crippen LogP contribution in [0, 0.1) is 5.92 Å². The molecule has 0 spiro atoms. The zero-order valence-corrected chi connectivity index (χ0v) is 20.0. The summed E-state index contributed by atoms with van der Waals surface area (Å²) in [5.74, 6) is -0.126. The van der Waals surface area contributed by atoms with Gasteiger partial charge in [-0.15, -0.1) is 0 Å². The zero-order chi connectivity index (χ0) is 22.6. The third-order valence-electron chi connectivity index (χ3n) is 6.28. The molecule has 4 rings (SSSR count). The van der Waals surface area contributed by atoms with E-state index in [1.807, 2.05) is 38.1 Å². The minimum atomic E-state index is -1.48. The van der Waals surface area contributed by atoms with Crippen LogP contribution in [0.5, 0.6) is 0 Å². The molecular weight excluding hydrogens is 458 g/mol. The highest BCUT2D eigenvalue weighted by molar-refractivity contribution is 6.48. The van der Waals surface area contributed by atoms with Crippen molar-refractivity contribution >= 4 is 46.4 Å². The molecule has 7 heteroatoms. The number of carbonyl (C=O) groups is 1. The Labute approximate surface area is 197 Å². The maximum absolute atomic E-state index is 15.2. The van der Waals surface area contributed by atoms with Gasteiger partial charge in [-0.3, -0.25) is 9.79 Å². The quantitative estimate of drug-likeness (QED) is 0.461. The number of hydrogen-bond donors (Lipinski definition) is 0. The first-order chi connectivity index (χ1) is 14.5. The summed E-state index contributed by atoms with van der Waals surface area (Å²) < 4.78 is 15.2. The van der Waals surface area contributed by atoms with Gasteiger partial charge < -0.3 is 4.90 Å².